The molecule has 0 fully saturated rings. The number of Topliss-reactive ketones (excluding diaryl/α,β-unsaturated/α-hetero) is 1. The highest BCUT2D eigenvalue weighted by Gasteiger charge is 2.28. The zero-order valence-corrected chi connectivity index (χ0v) is 17.3. The first kappa shape index (κ1) is 19.1. The van der Waals surface area contributed by atoms with Crippen molar-refractivity contribution in [2.24, 2.45) is 5.92 Å². The molecule has 1 unspecified atom stereocenters. The normalized spacial score (nSPS) is 15.7. The lowest BCUT2D eigenvalue weighted by Gasteiger charge is -2.23. The molecule has 4 rings (SSSR count). The molecule has 0 radical (unpaired) electrons. The number of carbonyl (C=O) groups is 1. The van der Waals surface area contributed by atoms with Crippen molar-refractivity contribution >= 4 is 28.9 Å². The van der Waals surface area contributed by atoms with Crippen LogP contribution in [0, 0.1) is 26.7 Å². The number of rotatable bonds is 4. The second kappa shape index (κ2) is 7.66. The standard InChI is InChI=1S/C24H26N4O/c1-14-7-5-10-18(11-14)25-24-26-19-12-15(2)13-20(29)21(19)23(28-24)27-22-16(3)8-6-9-17(22)4/h5-11,15H,12-13H2,1-4H3,(H2,25,26,27,28). The van der Waals surface area contributed by atoms with E-state index in [0.717, 1.165) is 40.2 Å². The number of aryl methyl sites for hydroxylation is 3. The van der Waals surface area contributed by atoms with E-state index >= 15 is 0 Å². The van der Waals surface area contributed by atoms with Crippen LogP contribution in [-0.2, 0) is 6.42 Å². The summed E-state index contributed by atoms with van der Waals surface area (Å²) in [6.45, 7) is 8.25. The summed E-state index contributed by atoms with van der Waals surface area (Å²) < 4.78 is 0. The molecule has 0 aliphatic heterocycles. The molecule has 0 bridgehead atoms. The Morgan fingerprint density at radius 3 is 2.38 bits per heavy atom. The summed E-state index contributed by atoms with van der Waals surface area (Å²) in [6, 6.07) is 14.2. The number of carbonyl (C=O) groups excluding carboxylic acids is 1. The van der Waals surface area contributed by atoms with E-state index in [2.05, 4.69) is 49.6 Å². The van der Waals surface area contributed by atoms with Gasteiger partial charge in [-0.15, -0.1) is 0 Å². The first-order valence-corrected chi connectivity index (χ1v) is 10.0. The molecule has 5 nitrogen and oxygen atoms in total. The van der Waals surface area contributed by atoms with Crippen LogP contribution in [0.1, 0.15) is 46.1 Å². The molecule has 2 aromatic carbocycles. The van der Waals surface area contributed by atoms with E-state index in [9.17, 15) is 4.79 Å². The van der Waals surface area contributed by atoms with Crippen molar-refractivity contribution in [2.45, 2.75) is 40.5 Å². The number of ketones is 1. The van der Waals surface area contributed by atoms with Crippen LogP contribution in [0.2, 0.25) is 0 Å². The molecule has 1 aromatic heterocycles. The molecule has 1 atom stereocenters. The highest BCUT2D eigenvalue weighted by atomic mass is 16.1. The van der Waals surface area contributed by atoms with Gasteiger partial charge in [-0.2, -0.15) is 4.98 Å². The number of anilines is 4. The van der Waals surface area contributed by atoms with Gasteiger partial charge in [-0.05, 0) is 61.9 Å². The Morgan fingerprint density at radius 1 is 0.931 bits per heavy atom. The van der Waals surface area contributed by atoms with Crippen molar-refractivity contribution in [1.29, 1.82) is 0 Å². The summed E-state index contributed by atoms with van der Waals surface area (Å²) in [5.74, 6) is 1.48. The quantitative estimate of drug-likeness (QED) is 0.606. The van der Waals surface area contributed by atoms with Gasteiger partial charge in [0, 0.05) is 17.8 Å². The van der Waals surface area contributed by atoms with E-state index in [4.69, 9.17) is 9.97 Å². The molecule has 148 valence electrons. The lowest BCUT2D eigenvalue weighted by Crippen LogP contribution is -2.22. The maximum Gasteiger partial charge on any atom is 0.229 e. The number of fused-ring (bicyclic) bond motifs is 1. The van der Waals surface area contributed by atoms with Gasteiger partial charge >= 0.3 is 0 Å². The minimum Gasteiger partial charge on any atom is -0.339 e. The van der Waals surface area contributed by atoms with E-state index in [1.807, 2.05) is 31.2 Å². The molecule has 29 heavy (non-hydrogen) atoms. The zero-order chi connectivity index (χ0) is 20.5. The van der Waals surface area contributed by atoms with Gasteiger partial charge < -0.3 is 10.6 Å². The lowest BCUT2D eigenvalue weighted by molar-refractivity contribution is 0.0953. The summed E-state index contributed by atoms with van der Waals surface area (Å²) in [4.78, 5) is 22.3. The topological polar surface area (TPSA) is 66.9 Å². The molecule has 0 amide bonds. The van der Waals surface area contributed by atoms with Crippen LogP contribution >= 0.6 is 0 Å². The predicted molar refractivity (Wildman–Crippen MR) is 118 cm³/mol. The Bertz CT molecular complexity index is 1070. The number of para-hydroxylation sites is 1. The Morgan fingerprint density at radius 2 is 1.66 bits per heavy atom. The number of benzene rings is 2. The van der Waals surface area contributed by atoms with E-state index in [1.54, 1.807) is 0 Å². The molecule has 0 saturated carbocycles. The van der Waals surface area contributed by atoms with Gasteiger partial charge in [-0.3, -0.25) is 4.79 Å². The molecule has 1 aliphatic rings. The summed E-state index contributed by atoms with van der Waals surface area (Å²) in [6.07, 6.45) is 1.30. The van der Waals surface area contributed by atoms with Crippen molar-refractivity contribution in [2.75, 3.05) is 10.6 Å². The van der Waals surface area contributed by atoms with Gasteiger partial charge in [-0.25, -0.2) is 4.98 Å². The monoisotopic (exact) mass is 386 g/mol. The Labute approximate surface area is 171 Å². The van der Waals surface area contributed by atoms with E-state index in [-0.39, 0.29) is 11.7 Å². The molecule has 5 heteroatoms. The molecule has 2 N–H and O–H groups in total. The Kier molecular flexibility index (Phi) is 5.05. The minimum absolute atomic E-state index is 0.106. The molecule has 3 aromatic rings. The maximum absolute atomic E-state index is 12.9. The van der Waals surface area contributed by atoms with Crippen LogP contribution in [0.4, 0.5) is 23.1 Å². The fourth-order valence-corrected chi connectivity index (χ4v) is 3.90. The Hall–Kier alpha value is -3.21. The third-order valence-corrected chi connectivity index (χ3v) is 5.34. The van der Waals surface area contributed by atoms with Crippen molar-refractivity contribution in [3.63, 3.8) is 0 Å². The lowest BCUT2D eigenvalue weighted by atomic mass is 9.87. The van der Waals surface area contributed by atoms with Crippen molar-refractivity contribution in [1.82, 2.24) is 9.97 Å². The number of hydrogen-bond donors (Lipinski definition) is 2. The maximum atomic E-state index is 12.9. The first-order chi connectivity index (χ1) is 13.9. The van der Waals surface area contributed by atoms with Crippen LogP contribution in [0.25, 0.3) is 0 Å². The highest BCUT2D eigenvalue weighted by molar-refractivity contribution is 6.03. The zero-order valence-electron chi connectivity index (χ0n) is 17.3. The molecular formula is C24H26N4O. The molecular weight excluding hydrogens is 360 g/mol. The van der Waals surface area contributed by atoms with Crippen LogP contribution in [0.5, 0.6) is 0 Å². The predicted octanol–water partition coefficient (Wildman–Crippen LogP) is 5.65. The highest BCUT2D eigenvalue weighted by Crippen LogP contribution is 2.33. The van der Waals surface area contributed by atoms with Gasteiger partial charge in [0.05, 0.1) is 11.3 Å². The number of hydrogen-bond acceptors (Lipinski definition) is 5. The van der Waals surface area contributed by atoms with E-state index < -0.39 is 0 Å². The average molecular weight is 386 g/mol. The largest absolute Gasteiger partial charge is 0.339 e. The SMILES string of the molecule is Cc1cccc(Nc2nc3c(c(Nc4c(C)cccc4C)n2)C(=O)CC(C)C3)c1. The molecule has 1 aliphatic carbocycles. The molecule has 0 saturated heterocycles. The van der Waals surface area contributed by atoms with Crippen LogP contribution < -0.4 is 10.6 Å². The Balaban J connectivity index is 1.80. The van der Waals surface area contributed by atoms with Crippen LogP contribution in [0.3, 0.4) is 0 Å². The number of nitrogens with one attached hydrogen (secondary N) is 2. The fourth-order valence-electron chi connectivity index (χ4n) is 3.90. The van der Waals surface area contributed by atoms with Crippen LogP contribution in [0.15, 0.2) is 42.5 Å². The summed E-state index contributed by atoms with van der Waals surface area (Å²) in [5, 5.41) is 6.75. The second-order valence-corrected chi connectivity index (χ2v) is 8.04. The van der Waals surface area contributed by atoms with Crippen molar-refractivity contribution in [3.05, 3.63) is 70.4 Å². The van der Waals surface area contributed by atoms with Gasteiger partial charge in [0.2, 0.25) is 5.95 Å². The molecule has 1 heterocycles. The number of aromatic nitrogens is 2. The summed E-state index contributed by atoms with van der Waals surface area (Å²) in [5.41, 5.74) is 6.74. The van der Waals surface area contributed by atoms with Gasteiger partial charge in [-0.1, -0.05) is 37.3 Å². The average Bonchev–Trinajstić information content (AvgIpc) is 2.64. The summed E-state index contributed by atoms with van der Waals surface area (Å²) in [7, 11) is 0. The first-order valence-electron chi connectivity index (χ1n) is 10.0. The van der Waals surface area contributed by atoms with Gasteiger partial charge in [0.1, 0.15) is 5.82 Å². The minimum atomic E-state index is 0.106. The number of nitrogens with zero attached hydrogens (tertiary/aromatic N) is 2. The fraction of sp³-hybridized carbons (Fsp3) is 0.292. The van der Waals surface area contributed by atoms with E-state index in [0.29, 0.717) is 23.8 Å². The summed E-state index contributed by atoms with van der Waals surface area (Å²) >= 11 is 0. The second-order valence-electron chi connectivity index (χ2n) is 8.04. The van der Waals surface area contributed by atoms with E-state index in [1.165, 1.54) is 0 Å². The van der Waals surface area contributed by atoms with Gasteiger partial charge in [0.15, 0.2) is 5.78 Å². The van der Waals surface area contributed by atoms with Gasteiger partial charge in [0.25, 0.3) is 0 Å². The van der Waals surface area contributed by atoms with Crippen LogP contribution in [-0.4, -0.2) is 15.8 Å². The molecule has 0 spiro atoms. The van der Waals surface area contributed by atoms with Crippen molar-refractivity contribution in [3.8, 4) is 0 Å². The smallest absolute Gasteiger partial charge is 0.229 e. The third-order valence-electron chi connectivity index (χ3n) is 5.34. The van der Waals surface area contributed by atoms with Crippen molar-refractivity contribution < 1.29 is 4.79 Å². The third kappa shape index (κ3) is 3.99.